The Hall–Kier alpha value is -5.00. The van der Waals surface area contributed by atoms with Gasteiger partial charge in [0.1, 0.15) is 19.0 Å². The van der Waals surface area contributed by atoms with Gasteiger partial charge in [-0.15, -0.1) is 0 Å². The maximum Gasteiger partial charge on any atom is 0.220 e. The maximum absolute atomic E-state index is 11.2. The number of nitrogens with zero attached hydrogens (tertiary/aromatic N) is 2. The van der Waals surface area contributed by atoms with Crippen LogP contribution >= 0.6 is 0 Å². The average Bonchev–Trinajstić information content (AvgIpc) is 3.10. The van der Waals surface area contributed by atoms with E-state index in [9.17, 15) is 9.59 Å². The molecule has 0 bridgehead atoms. The Kier molecular flexibility index (Phi) is 14.4. The van der Waals surface area contributed by atoms with E-state index in [1.54, 1.807) is 21.1 Å². The predicted octanol–water partition coefficient (Wildman–Crippen LogP) is 5.31. The molecule has 0 atom stereocenters. The van der Waals surface area contributed by atoms with Crippen LogP contribution in [0.5, 0.6) is 23.5 Å². The number of rotatable bonds is 20. The van der Waals surface area contributed by atoms with Crippen LogP contribution in [0.1, 0.15) is 54.5 Å². The Morgan fingerprint density at radius 3 is 1.98 bits per heavy atom. The molecule has 4 rings (SSSR count). The van der Waals surface area contributed by atoms with Gasteiger partial charge in [0.2, 0.25) is 29.4 Å². The summed E-state index contributed by atoms with van der Waals surface area (Å²) in [6, 6.07) is 22.0. The second-order valence-corrected chi connectivity index (χ2v) is 11.6. The predicted molar refractivity (Wildman–Crippen MR) is 189 cm³/mol. The van der Waals surface area contributed by atoms with Crippen LogP contribution in [0.2, 0.25) is 0 Å². The minimum atomic E-state index is -0.0523. The fourth-order valence-corrected chi connectivity index (χ4v) is 5.21. The molecule has 4 aromatic rings. The van der Waals surface area contributed by atoms with Gasteiger partial charge in [-0.05, 0) is 72.8 Å². The molecule has 0 aliphatic heterocycles. The molecule has 1 amide bonds. The first-order chi connectivity index (χ1) is 23.8. The molecule has 3 N–H and O–H groups in total. The van der Waals surface area contributed by atoms with Gasteiger partial charge in [0.15, 0.2) is 0 Å². The van der Waals surface area contributed by atoms with E-state index in [2.05, 4.69) is 57.1 Å². The van der Waals surface area contributed by atoms with Crippen molar-refractivity contribution in [3.8, 4) is 34.6 Å². The number of benzene rings is 2. The van der Waals surface area contributed by atoms with Crippen molar-refractivity contribution >= 4 is 11.7 Å². The molecule has 2 aromatic carbocycles. The molecule has 49 heavy (non-hydrogen) atoms. The van der Waals surface area contributed by atoms with E-state index < -0.39 is 0 Å². The Morgan fingerprint density at radius 1 is 0.714 bits per heavy atom. The molecule has 0 radical (unpaired) electrons. The number of carbonyl (C=O) groups excluding carboxylic acids is 2. The first-order valence-corrected chi connectivity index (χ1v) is 16.4. The monoisotopic (exact) mass is 669 g/mol. The standard InChI is InChI=1S/C38H47N5O6/c1-26(44)9-8-18-39-22-31-15-17-36(43-37(31)46-4)49-25-33-12-7-13-34(27(33)2)30-11-6-10-29(21-30)24-48-35-16-14-32(38(42-35)47-5)23-40-19-20-41-28(3)45/h6-7,10-17,21,39-40H,8-9,18-20,22-25H2,1-5H3,(H,41,45). The number of nitrogens with one attached hydrogen (secondary N) is 3. The van der Waals surface area contributed by atoms with Crippen molar-refractivity contribution in [2.45, 2.75) is 59.9 Å². The number of Topliss-reactive ketones (excluding diaryl/α,β-unsaturated/α-hetero) is 1. The van der Waals surface area contributed by atoms with Gasteiger partial charge >= 0.3 is 0 Å². The summed E-state index contributed by atoms with van der Waals surface area (Å²) in [6.45, 7) is 8.99. The van der Waals surface area contributed by atoms with Crippen LogP contribution < -0.4 is 34.9 Å². The van der Waals surface area contributed by atoms with E-state index >= 15 is 0 Å². The lowest BCUT2D eigenvalue weighted by molar-refractivity contribution is -0.119. The average molecular weight is 670 g/mol. The summed E-state index contributed by atoms with van der Waals surface area (Å²) in [5.41, 5.74) is 7.19. The van der Waals surface area contributed by atoms with Gasteiger partial charge in [0.25, 0.3) is 0 Å². The second-order valence-electron chi connectivity index (χ2n) is 11.6. The number of methoxy groups -OCH3 is 2. The molecule has 2 aromatic heterocycles. The fourth-order valence-electron chi connectivity index (χ4n) is 5.21. The molecular formula is C38H47N5O6. The number of pyridine rings is 2. The number of aromatic nitrogens is 2. The molecular weight excluding hydrogens is 622 g/mol. The molecule has 0 aliphatic rings. The lowest BCUT2D eigenvalue weighted by atomic mass is 9.95. The SMILES string of the molecule is COc1nc(OCc2cccc(-c3cccc(COc4ccc(CNCCCC(C)=O)c(OC)n4)c3C)c2)ccc1CNCCNC(C)=O. The number of hydrogen-bond donors (Lipinski definition) is 3. The molecule has 260 valence electrons. The van der Waals surface area contributed by atoms with E-state index in [0.29, 0.717) is 69.3 Å². The highest BCUT2D eigenvalue weighted by molar-refractivity contribution is 5.75. The Balaban J connectivity index is 1.34. The molecule has 2 heterocycles. The largest absolute Gasteiger partial charge is 0.481 e. The third-order valence-corrected chi connectivity index (χ3v) is 7.85. The highest BCUT2D eigenvalue weighted by Gasteiger charge is 2.12. The number of amides is 1. The summed E-state index contributed by atoms with van der Waals surface area (Å²) in [4.78, 5) is 31.3. The van der Waals surface area contributed by atoms with Crippen LogP contribution in [0.25, 0.3) is 11.1 Å². The molecule has 11 nitrogen and oxygen atoms in total. The summed E-state index contributed by atoms with van der Waals surface area (Å²) >= 11 is 0. The third-order valence-electron chi connectivity index (χ3n) is 7.85. The summed E-state index contributed by atoms with van der Waals surface area (Å²) in [5, 5.41) is 9.37. The van der Waals surface area contributed by atoms with E-state index in [1.165, 1.54) is 6.92 Å². The van der Waals surface area contributed by atoms with Gasteiger partial charge in [-0.2, -0.15) is 9.97 Å². The maximum atomic E-state index is 11.2. The zero-order valence-corrected chi connectivity index (χ0v) is 29.1. The van der Waals surface area contributed by atoms with Crippen molar-refractivity contribution < 1.29 is 28.5 Å². The van der Waals surface area contributed by atoms with Gasteiger partial charge in [-0.3, -0.25) is 4.79 Å². The van der Waals surface area contributed by atoms with E-state index in [1.807, 2.05) is 42.5 Å². The lowest BCUT2D eigenvalue weighted by Crippen LogP contribution is -2.30. The third kappa shape index (κ3) is 11.6. The molecule has 0 saturated carbocycles. The van der Waals surface area contributed by atoms with Crippen molar-refractivity contribution in [3.05, 3.63) is 94.5 Å². The van der Waals surface area contributed by atoms with Crippen LogP contribution in [-0.4, -0.2) is 55.5 Å². The first kappa shape index (κ1) is 36.8. The Morgan fingerprint density at radius 2 is 1.35 bits per heavy atom. The number of carbonyl (C=O) groups is 2. The van der Waals surface area contributed by atoms with Gasteiger partial charge in [0, 0.05) is 62.8 Å². The summed E-state index contributed by atoms with van der Waals surface area (Å²) in [7, 11) is 3.18. The van der Waals surface area contributed by atoms with E-state index in [-0.39, 0.29) is 11.7 Å². The van der Waals surface area contributed by atoms with Crippen LogP contribution in [0.4, 0.5) is 0 Å². The van der Waals surface area contributed by atoms with Gasteiger partial charge < -0.3 is 39.7 Å². The first-order valence-electron chi connectivity index (χ1n) is 16.4. The molecule has 0 unspecified atom stereocenters. The van der Waals surface area contributed by atoms with Gasteiger partial charge in [0.05, 0.1) is 14.2 Å². The zero-order valence-electron chi connectivity index (χ0n) is 29.1. The number of ketones is 1. The highest BCUT2D eigenvalue weighted by Crippen LogP contribution is 2.28. The van der Waals surface area contributed by atoms with Crippen molar-refractivity contribution in [2.75, 3.05) is 33.9 Å². The van der Waals surface area contributed by atoms with Crippen LogP contribution in [0.15, 0.2) is 66.7 Å². The summed E-state index contributed by atoms with van der Waals surface area (Å²) in [5.74, 6) is 2.10. The quantitative estimate of drug-likeness (QED) is 0.106. The topological polar surface area (TPSA) is 133 Å². The van der Waals surface area contributed by atoms with Gasteiger partial charge in [-0.25, -0.2) is 0 Å². The van der Waals surface area contributed by atoms with Crippen LogP contribution in [-0.2, 0) is 35.9 Å². The van der Waals surface area contributed by atoms with E-state index in [4.69, 9.17) is 18.9 Å². The Labute approximate surface area is 288 Å². The lowest BCUT2D eigenvalue weighted by Gasteiger charge is -2.15. The van der Waals surface area contributed by atoms with Crippen molar-refractivity contribution in [2.24, 2.45) is 0 Å². The molecule has 0 spiro atoms. The Bertz CT molecular complexity index is 1700. The smallest absolute Gasteiger partial charge is 0.220 e. The molecule has 11 heteroatoms. The fraction of sp³-hybridized carbons (Fsp3) is 0.368. The highest BCUT2D eigenvalue weighted by atomic mass is 16.5. The van der Waals surface area contributed by atoms with Gasteiger partial charge in [-0.1, -0.05) is 36.4 Å². The molecule has 0 saturated heterocycles. The second kappa shape index (κ2) is 19.1. The molecule has 0 fully saturated rings. The molecule has 0 aliphatic carbocycles. The van der Waals surface area contributed by atoms with Crippen LogP contribution in [0.3, 0.4) is 0 Å². The van der Waals surface area contributed by atoms with Crippen molar-refractivity contribution in [1.82, 2.24) is 25.9 Å². The van der Waals surface area contributed by atoms with E-state index in [0.717, 1.165) is 51.9 Å². The minimum Gasteiger partial charge on any atom is -0.481 e. The van der Waals surface area contributed by atoms with Crippen molar-refractivity contribution in [3.63, 3.8) is 0 Å². The zero-order chi connectivity index (χ0) is 35.0. The summed E-state index contributed by atoms with van der Waals surface area (Å²) < 4.78 is 23.2. The minimum absolute atomic E-state index is 0.0523. The summed E-state index contributed by atoms with van der Waals surface area (Å²) in [6.07, 6.45) is 1.37. The normalized spacial score (nSPS) is 10.8. The number of hydrogen-bond acceptors (Lipinski definition) is 10. The van der Waals surface area contributed by atoms with Crippen LogP contribution in [0, 0.1) is 6.92 Å². The van der Waals surface area contributed by atoms with Crippen molar-refractivity contribution in [1.29, 1.82) is 0 Å². The number of ether oxygens (including phenoxy) is 4.